The van der Waals surface area contributed by atoms with Gasteiger partial charge in [0, 0.05) is 12.8 Å². The lowest BCUT2D eigenvalue weighted by Crippen LogP contribution is -2.37. The van der Waals surface area contributed by atoms with Crippen molar-refractivity contribution in [3.63, 3.8) is 0 Å². The monoisotopic (exact) mass is 819 g/mol. The van der Waals surface area contributed by atoms with E-state index in [0.717, 1.165) is 51.4 Å². The maximum atomic E-state index is 12.6. The van der Waals surface area contributed by atoms with Crippen molar-refractivity contribution in [3.8, 4) is 0 Å². The van der Waals surface area contributed by atoms with E-state index in [-0.39, 0.29) is 26.1 Å². The fraction of sp³-hybridized carbons (Fsp3) is 0.660. The Kier molecular flexibility index (Phi) is 36.8. The van der Waals surface area contributed by atoms with Crippen LogP contribution in [0.3, 0.4) is 0 Å². The molecule has 0 rings (SSSR count). The van der Waals surface area contributed by atoms with Crippen LogP contribution in [0.25, 0.3) is 0 Å². The quantitative estimate of drug-likeness (QED) is 0.0216. The van der Waals surface area contributed by atoms with Gasteiger partial charge < -0.3 is 18.9 Å². The summed E-state index contributed by atoms with van der Waals surface area (Å²) in [6.07, 6.45) is 49.5. The number of quaternary nitrogens is 1. The Morgan fingerprint density at radius 3 is 1.51 bits per heavy atom. The number of carbonyl (C=O) groups is 2. The van der Waals surface area contributed by atoms with E-state index in [4.69, 9.17) is 18.5 Å². The summed E-state index contributed by atoms with van der Waals surface area (Å²) in [7, 11) is 1.40. The van der Waals surface area contributed by atoms with Crippen molar-refractivity contribution in [3.05, 3.63) is 85.1 Å². The molecular weight excluding hydrogens is 737 g/mol. The highest BCUT2D eigenvalue weighted by molar-refractivity contribution is 7.47. The molecule has 0 bridgehead atoms. The van der Waals surface area contributed by atoms with Crippen LogP contribution < -0.4 is 0 Å². The third-order valence-corrected chi connectivity index (χ3v) is 9.67. The average molecular weight is 819 g/mol. The molecule has 0 aliphatic heterocycles. The van der Waals surface area contributed by atoms with E-state index in [1.54, 1.807) is 0 Å². The number of unbranched alkanes of at least 4 members (excludes halogenated alkanes) is 10. The molecule has 0 saturated heterocycles. The maximum Gasteiger partial charge on any atom is 0.472 e. The first-order valence-electron chi connectivity index (χ1n) is 21.8. The smallest absolute Gasteiger partial charge is 0.462 e. The number of hydrogen-bond acceptors (Lipinski definition) is 7. The zero-order valence-electron chi connectivity index (χ0n) is 36.5. The minimum absolute atomic E-state index is 0.00931. The van der Waals surface area contributed by atoms with Gasteiger partial charge in [0.2, 0.25) is 0 Å². The van der Waals surface area contributed by atoms with Gasteiger partial charge in [-0.05, 0) is 64.2 Å². The topological polar surface area (TPSA) is 108 Å². The molecule has 2 atom stereocenters. The highest BCUT2D eigenvalue weighted by Crippen LogP contribution is 2.43. The van der Waals surface area contributed by atoms with E-state index in [0.29, 0.717) is 23.9 Å². The number of esters is 2. The van der Waals surface area contributed by atoms with Crippen molar-refractivity contribution >= 4 is 19.8 Å². The molecule has 0 heterocycles. The Morgan fingerprint density at radius 1 is 0.561 bits per heavy atom. The van der Waals surface area contributed by atoms with E-state index in [9.17, 15) is 19.0 Å². The lowest BCUT2D eigenvalue weighted by Gasteiger charge is -2.24. The van der Waals surface area contributed by atoms with Gasteiger partial charge in [-0.25, -0.2) is 4.57 Å². The average Bonchev–Trinajstić information content (AvgIpc) is 3.16. The number of ether oxygens (including phenoxy) is 2. The molecule has 0 amide bonds. The molecule has 0 aliphatic carbocycles. The zero-order chi connectivity index (χ0) is 42.1. The fourth-order valence-electron chi connectivity index (χ4n) is 5.29. The minimum atomic E-state index is -4.41. The normalized spacial score (nSPS) is 14.4. The number of phosphoric ester groups is 1. The summed E-state index contributed by atoms with van der Waals surface area (Å²) >= 11 is 0. The highest BCUT2D eigenvalue weighted by atomic mass is 31.2. The number of carbonyl (C=O) groups excluding carboxylic acids is 2. The van der Waals surface area contributed by atoms with Crippen LogP contribution in [0.2, 0.25) is 0 Å². The van der Waals surface area contributed by atoms with Crippen LogP contribution in [0.4, 0.5) is 0 Å². The summed E-state index contributed by atoms with van der Waals surface area (Å²) < 4.78 is 34.1. The van der Waals surface area contributed by atoms with Crippen LogP contribution in [-0.4, -0.2) is 74.9 Å². The predicted octanol–water partition coefficient (Wildman–Crippen LogP) is 12.4. The molecule has 57 heavy (non-hydrogen) atoms. The third-order valence-electron chi connectivity index (χ3n) is 8.69. The third kappa shape index (κ3) is 42.6. The summed E-state index contributed by atoms with van der Waals surface area (Å²) in [5.41, 5.74) is 0. The van der Waals surface area contributed by atoms with Crippen LogP contribution in [0, 0.1) is 0 Å². The molecule has 2 unspecified atom stereocenters. The second-order valence-corrected chi connectivity index (χ2v) is 16.8. The summed E-state index contributed by atoms with van der Waals surface area (Å²) in [5.74, 6) is -0.961. The van der Waals surface area contributed by atoms with E-state index >= 15 is 0 Å². The molecule has 0 saturated carbocycles. The molecule has 10 heteroatoms. The van der Waals surface area contributed by atoms with Gasteiger partial charge in [-0.3, -0.25) is 18.6 Å². The number of allylic oxidation sites excluding steroid dienone is 14. The van der Waals surface area contributed by atoms with Gasteiger partial charge in [0.1, 0.15) is 19.8 Å². The van der Waals surface area contributed by atoms with E-state index in [1.165, 1.54) is 57.8 Å². The molecule has 1 N–H and O–H groups in total. The largest absolute Gasteiger partial charge is 0.472 e. The van der Waals surface area contributed by atoms with Gasteiger partial charge in [0.15, 0.2) is 6.10 Å². The first-order chi connectivity index (χ1) is 27.5. The summed E-state index contributed by atoms with van der Waals surface area (Å²) in [5, 5.41) is 0. The van der Waals surface area contributed by atoms with Crippen LogP contribution in [0.15, 0.2) is 85.1 Å². The first kappa shape index (κ1) is 54.2. The van der Waals surface area contributed by atoms with E-state index < -0.39 is 32.5 Å². The molecule has 0 radical (unpaired) electrons. The molecule has 0 fully saturated rings. The molecule has 326 valence electrons. The van der Waals surface area contributed by atoms with Crippen molar-refractivity contribution in [1.29, 1.82) is 0 Å². The number of phosphoric acid groups is 1. The van der Waals surface area contributed by atoms with E-state index in [2.05, 4.69) is 80.7 Å². The molecular formula is C47H81NO8P+. The van der Waals surface area contributed by atoms with Gasteiger partial charge in [-0.2, -0.15) is 0 Å². The molecule has 0 spiro atoms. The van der Waals surface area contributed by atoms with Crippen molar-refractivity contribution in [2.75, 3.05) is 47.5 Å². The number of nitrogens with zero attached hydrogens (tertiary/aromatic N) is 1. The highest BCUT2D eigenvalue weighted by Gasteiger charge is 2.27. The maximum absolute atomic E-state index is 12.6. The minimum Gasteiger partial charge on any atom is -0.462 e. The summed E-state index contributed by atoms with van der Waals surface area (Å²) in [6, 6.07) is 0. The van der Waals surface area contributed by atoms with Gasteiger partial charge in [0.25, 0.3) is 0 Å². The van der Waals surface area contributed by atoms with Crippen molar-refractivity contribution < 1.29 is 42.1 Å². The predicted molar refractivity (Wildman–Crippen MR) is 238 cm³/mol. The molecule has 0 aromatic heterocycles. The van der Waals surface area contributed by atoms with Crippen LogP contribution in [0.1, 0.15) is 149 Å². The van der Waals surface area contributed by atoms with Crippen molar-refractivity contribution in [2.45, 2.75) is 155 Å². The number of rotatable bonds is 38. The second-order valence-electron chi connectivity index (χ2n) is 15.3. The van der Waals surface area contributed by atoms with Gasteiger partial charge in [-0.15, -0.1) is 0 Å². The van der Waals surface area contributed by atoms with Crippen molar-refractivity contribution in [1.82, 2.24) is 0 Å². The van der Waals surface area contributed by atoms with Crippen LogP contribution in [-0.2, 0) is 32.7 Å². The SMILES string of the molecule is CC/C=C\C/C=C\C/C=C\C/C=C\C/C=C\C/C=C\CCC(=O)OC(COC(=O)CC/C=C\CCCCCCCCCCCC)COP(=O)(O)OCC[N+](C)(C)C. The Bertz CT molecular complexity index is 1240. The Hall–Kier alpha value is -2.81. The summed E-state index contributed by atoms with van der Waals surface area (Å²) in [6.45, 7) is 4.15. The van der Waals surface area contributed by atoms with Crippen LogP contribution in [0.5, 0.6) is 0 Å². The van der Waals surface area contributed by atoms with E-state index in [1.807, 2.05) is 39.4 Å². The number of likely N-dealkylation sites (N-methyl/N-ethyl adjacent to an activating group) is 1. The Balaban J connectivity index is 4.56. The second kappa shape index (κ2) is 38.7. The Morgan fingerprint density at radius 2 is 1.00 bits per heavy atom. The van der Waals surface area contributed by atoms with Gasteiger partial charge >= 0.3 is 19.8 Å². The van der Waals surface area contributed by atoms with Gasteiger partial charge in [-0.1, -0.05) is 157 Å². The standard InChI is InChI=1S/C47H80NO8P/c1-6-8-10-12-14-16-18-20-22-23-24-25-26-28-30-32-34-36-38-40-47(50)56-45(44-55-57(51,52)54-42-41-48(3,4)5)43-53-46(49)39-37-35-33-31-29-27-21-19-17-15-13-11-9-7-2/h8,10,14,16,20,22,24-25,28,30,33-36,45H,6-7,9,11-13,15,17-19,21,23,26-27,29,31-32,37-44H2,1-5H3/p+1/b10-8-,16-14-,22-20-,25-24-,30-28-,35-33-,36-34-. The molecule has 9 nitrogen and oxygen atoms in total. The lowest BCUT2D eigenvalue weighted by atomic mass is 10.1. The first-order valence-corrected chi connectivity index (χ1v) is 23.3. The van der Waals surface area contributed by atoms with Crippen LogP contribution >= 0.6 is 7.82 Å². The molecule has 0 aromatic rings. The summed E-state index contributed by atoms with van der Waals surface area (Å²) in [4.78, 5) is 35.3. The lowest BCUT2D eigenvalue weighted by molar-refractivity contribution is -0.870. The molecule has 0 aliphatic rings. The van der Waals surface area contributed by atoms with Crippen molar-refractivity contribution in [2.24, 2.45) is 0 Å². The van der Waals surface area contributed by atoms with Gasteiger partial charge in [0.05, 0.1) is 27.7 Å². The fourth-order valence-corrected chi connectivity index (χ4v) is 6.03. The Labute approximate surface area is 348 Å². The zero-order valence-corrected chi connectivity index (χ0v) is 37.4. The molecule has 0 aromatic carbocycles. The number of hydrogen-bond donors (Lipinski definition) is 1.